The summed E-state index contributed by atoms with van der Waals surface area (Å²) in [6.07, 6.45) is 1.04. The van der Waals surface area contributed by atoms with Crippen molar-refractivity contribution >= 4 is 27.4 Å². The van der Waals surface area contributed by atoms with Gasteiger partial charge in [0.15, 0.2) is 0 Å². The zero-order chi connectivity index (χ0) is 14.7. The lowest BCUT2D eigenvalue weighted by molar-refractivity contribution is -0.138. The molecule has 1 saturated heterocycles. The Morgan fingerprint density at radius 2 is 1.90 bits per heavy atom. The van der Waals surface area contributed by atoms with Crippen LogP contribution in [0.2, 0.25) is 0 Å². The van der Waals surface area contributed by atoms with Gasteiger partial charge in [-0.05, 0) is 35.4 Å². The lowest BCUT2D eigenvalue weighted by atomic mass is 10.1. The summed E-state index contributed by atoms with van der Waals surface area (Å²) >= 11 is 1.80. The Morgan fingerprint density at radius 1 is 1.14 bits per heavy atom. The zero-order valence-corrected chi connectivity index (χ0v) is 12.8. The monoisotopic (exact) mass is 304 g/mol. The number of benzene rings is 1. The van der Waals surface area contributed by atoms with Gasteiger partial charge >= 0.3 is 5.97 Å². The lowest BCUT2D eigenvalue weighted by Crippen LogP contribution is -2.33. The van der Waals surface area contributed by atoms with Gasteiger partial charge < -0.3 is 5.11 Å². The molecule has 1 N–H and O–H groups in total. The van der Waals surface area contributed by atoms with Crippen LogP contribution in [0.4, 0.5) is 0 Å². The average Bonchev–Trinajstić information content (AvgIpc) is 2.74. The van der Waals surface area contributed by atoms with Gasteiger partial charge in [-0.25, -0.2) is 0 Å². The van der Waals surface area contributed by atoms with Crippen LogP contribution in [-0.4, -0.2) is 53.6 Å². The number of carboxylic acid groups (broad SMARTS) is 1. The lowest BCUT2D eigenvalue weighted by Gasteiger charge is -2.20. The number of hydrogen-bond acceptors (Lipinski definition) is 4. The van der Waals surface area contributed by atoms with Gasteiger partial charge in [-0.2, -0.15) is 0 Å². The van der Waals surface area contributed by atoms with Crippen molar-refractivity contribution in [3.8, 4) is 0 Å². The third-order valence-electron chi connectivity index (χ3n) is 4.00. The van der Waals surface area contributed by atoms with E-state index in [1.165, 1.54) is 15.6 Å². The Labute approximate surface area is 128 Å². The Balaban J connectivity index is 1.64. The highest BCUT2D eigenvalue weighted by Gasteiger charge is 2.17. The van der Waals surface area contributed by atoms with E-state index in [0.717, 1.165) is 39.1 Å². The largest absolute Gasteiger partial charge is 0.480 e. The molecule has 0 radical (unpaired) electrons. The molecule has 1 aliphatic heterocycles. The van der Waals surface area contributed by atoms with Gasteiger partial charge in [0.1, 0.15) is 0 Å². The summed E-state index contributed by atoms with van der Waals surface area (Å²) in [5.74, 6) is -0.729. The SMILES string of the molecule is O=C(O)CN1CCCN(Cc2csc3ccccc23)CC1. The summed E-state index contributed by atoms with van der Waals surface area (Å²) in [4.78, 5) is 15.3. The highest BCUT2D eigenvalue weighted by molar-refractivity contribution is 7.17. The maximum absolute atomic E-state index is 10.8. The molecule has 2 heterocycles. The molecule has 21 heavy (non-hydrogen) atoms. The third kappa shape index (κ3) is 3.61. The molecule has 0 atom stereocenters. The molecule has 0 saturated carbocycles. The molecule has 1 aromatic heterocycles. The normalized spacial score (nSPS) is 17.9. The van der Waals surface area contributed by atoms with Crippen LogP contribution in [0, 0.1) is 0 Å². The molecule has 2 aromatic rings. The minimum absolute atomic E-state index is 0.162. The Morgan fingerprint density at radius 3 is 2.76 bits per heavy atom. The first-order valence-corrected chi connectivity index (χ1v) is 8.22. The molecule has 112 valence electrons. The van der Waals surface area contributed by atoms with E-state index in [1.54, 1.807) is 11.3 Å². The molecule has 1 aliphatic rings. The predicted octanol–water partition coefficient (Wildman–Crippen LogP) is 2.49. The fourth-order valence-electron chi connectivity index (χ4n) is 2.93. The second-order valence-corrected chi connectivity index (χ2v) is 6.47. The van der Waals surface area contributed by atoms with Gasteiger partial charge in [-0.1, -0.05) is 18.2 Å². The molecule has 1 aromatic carbocycles. The van der Waals surface area contributed by atoms with Crippen LogP contribution in [0.1, 0.15) is 12.0 Å². The molecule has 3 rings (SSSR count). The van der Waals surface area contributed by atoms with E-state index in [2.05, 4.69) is 34.5 Å². The fraction of sp³-hybridized carbons (Fsp3) is 0.438. The number of fused-ring (bicyclic) bond motifs is 1. The van der Waals surface area contributed by atoms with Gasteiger partial charge in [-0.15, -0.1) is 11.3 Å². The fourth-order valence-corrected chi connectivity index (χ4v) is 3.88. The van der Waals surface area contributed by atoms with Crippen molar-refractivity contribution in [2.45, 2.75) is 13.0 Å². The van der Waals surface area contributed by atoms with Crippen molar-refractivity contribution in [3.63, 3.8) is 0 Å². The molecule has 0 aliphatic carbocycles. The van der Waals surface area contributed by atoms with E-state index in [4.69, 9.17) is 5.11 Å². The second kappa shape index (κ2) is 6.56. The van der Waals surface area contributed by atoms with Gasteiger partial charge in [0.2, 0.25) is 0 Å². The summed E-state index contributed by atoms with van der Waals surface area (Å²) in [5, 5.41) is 12.5. The van der Waals surface area contributed by atoms with E-state index in [0.29, 0.717) is 0 Å². The summed E-state index contributed by atoms with van der Waals surface area (Å²) in [6, 6.07) is 8.53. The quantitative estimate of drug-likeness (QED) is 0.942. The number of carboxylic acids is 1. The molecule has 0 bridgehead atoms. The summed E-state index contributed by atoms with van der Waals surface area (Å²) in [6.45, 7) is 4.83. The van der Waals surface area contributed by atoms with Gasteiger partial charge in [0.25, 0.3) is 0 Å². The van der Waals surface area contributed by atoms with E-state index in [1.807, 2.05) is 4.90 Å². The van der Waals surface area contributed by atoms with Crippen LogP contribution in [0.3, 0.4) is 0 Å². The number of hydrogen-bond donors (Lipinski definition) is 1. The molecule has 0 unspecified atom stereocenters. The molecule has 0 amide bonds. The Bertz CT molecular complexity index is 626. The molecular weight excluding hydrogens is 284 g/mol. The number of aliphatic carboxylic acids is 1. The number of rotatable bonds is 4. The van der Waals surface area contributed by atoms with Crippen LogP contribution in [0.25, 0.3) is 10.1 Å². The summed E-state index contributed by atoms with van der Waals surface area (Å²) < 4.78 is 1.34. The Kier molecular flexibility index (Phi) is 4.53. The second-order valence-electron chi connectivity index (χ2n) is 5.56. The van der Waals surface area contributed by atoms with Gasteiger partial charge in [-0.3, -0.25) is 14.6 Å². The van der Waals surface area contributed by atoms with Crippen LogP contribution in [-0.2, 0) is 11.3 Å². The highest BCUT2D eigenvalue weighted by atomic mass is 32.1. The average molecular weight is 304 g/mol. The molecule has 0 spiro atoms. The predicted molar refractivity (Wildman–Crippen MR) is 85.8 cm³/mol. The molecule has 1 fully saturated rings. The zero-order valence-electron chi connectivity index (χ0n) is 12.0. The van der Waals surface area contributed by atoms with Crippen LogP contribution >= 0.6 is 11.3 Å². The van der Waals surface area contributed by atoms with Crippen molar-refractivity contribution < 1.29 is 9.90 Å². The van der Waals surface area contributed by atoms with Crippen molar-refractivity contribution in [2.75, 3.05) is 32.7 Å². The van der Waals surface area contributed by atoms with Crippen molar-refractivity contribution in [3.05, 3.63) is 35.2 Å². The van der Waals surface area contributed by atoms with Gasteiger partial charge in [0, 0.05) is 30.9 Å². The maximum Gasteiger partial charge on any atom is 0.317 e. The first kappa shape index (κ1) is 14.5. The van der Waals surface area contributed by atoms with Gasteiger partial charge in [0.05, 0.1) is 6.54 Å². The first-order chi connectivity index (χ1) is 10.2. The van der Waals surface area contributed by atoms with E-state index >= 15 is 0 Å². The van der Waals surface area contributed by atoms with E-state index < -0.39 is 5.97 Å². The van der Waals surface area contributed by atoms with Crippen LogP contribution in [0.5, 0.6) is 0 Å². The summed E-state index contributed by atoms with van der Waals surface area (Å²) in [7, 11) is 0. The number of thiophene rings is 1. The van der Waals surface area contributed by atoms with E-state index in [-0.39, 0.29) is 6.54 Å². The first-order valence-electron chi connectivity index (χ1n) is 7.34. The van der Waals surface area contributed by atoms with Crippen LogP contribution < -0.4 is 0 Å². The topological polar surface area (TPSA) is 43.8 Å². The van der Waals surface area contributed by atoms with Crippen LogP contribution in [0.15, 0.2) is 29.6 Å². The van der Waals surface area contributed by atoms with Crippen molar-refractivity contribution in [1.29, 1.82) is 0 Å². The smallest absolute Gasteiger partial charge is 0.317 e. The number of nitrogens with zero attached hydrogens (tertiary/aromatic N) is 2. The number of carbonyl (C=O) groups is 1. The molecule has 4 nitrogen and oxygen atoms in total. The molecular formula is C16H20N2O2S. The standard InChI is InChI=1S/C16H20N2O2S/c19-16(20)11-18-7-3-6-17(8-9-18)10-13-12-21-15-5-2-1-4-14(13)15/h1-2,4-5,12H,3,6-11H2,(H,19,20). The maximum atomic E-state index is 10.8. The van der Waals surface area contributed by atoms with Crippen molar-refractivity contribution in [1.82, 2.24) is 9.80 Å². The van der Waals surface area contributed by atoms with E-state index in [9.17, 15) is 4.79 Å². The highest BCUT2D eigenvalue weighted by Crippen LogP contribution is 2.26. The summed E-state index contributed by atoms with van der Waals surface area (Å²) in [5.41, 5.74) is 1.39. The van der Waals surface area contributed by atoms with Crippen molar-refractivity contribution in [2.24, 2.45) is 0 Å². The minimum Gasteiger partial charge on any atom is -0.480 e. The third-order valence-corrected chi connectivity index (χ3v) is 5.01. The minimum atomic E-state index is -0.729. The Hall–Kier alpha value is -1.43. The molecule has 5 heteroatoms.